The lowest BCUT2D eigenvalue weighted by Gasteiger charge is -2.10. The maximum atomic E-state index is 11.6. The first kappa shape index (κ1) is 13.4. The number of nitrogens with zero attached hydrogens (tertiary/aromatic N) is 2. The molecule has 0 bridgehead atoms. The van der Waals surface area contributed by atoms with Crippen LogP contribution in [0.2, 0.25) is 0 Å². The van der Waals surface area contributed by atoms with E-state index in [0.29, 0.717) is 0 Å². The zero-order chi connectivity index (χ0) is 13.8. The molecule has 0 N–H and O–H groups in total. The first-order valence-electron chi connectivity index (χ1n) is 5.49. The zero-order valence-electron chi connectivity index (χ0n) is 10.5. The summed E-state index contributed by atoms with van der Waals surface area (Å²) in [6, 6.07) is 8.89. The van der Waals surface area contributed by atoms with Gasteiger partial charge in [0.1, 0.15) is 0 Å². The molecule has 98 valence electrons. The minimum Gasteiger partial charge on any atom is -0.464 e. The molecule has 2 aromatic rings. The van der Waals surface area contributed by atoms with Gasteiger partial charge in [0.05, 0.1) is 12.8 Å². The van der Waals surface area contributed by atoms with E-state index in [-0.39, 0.29) is 5.69 Å². The summed E-state index contributed by atoms with van der Waals surface area (Å²) in [5.41, 5.74) is 0.130. The Balaban J connectivity index is 2.58. The maximum Gasteiger partial charge on any atom is 0.362 e. The van der Waals surface area contributed by atoms with E-state index in [9.17, 15) is 9.59 Å². The highest BCUT2D eigenvalue weighted by Crippen LogP contribution is 2.22. The van der Waals surface area contributed by atoms with Crippen molar-refractivity contribution in [2.45, 2.75) is 4.90 Å². The second-order valence-electron chi connectivity index (χ2n) is 3.64. The lowest BCUT2D eigenvalue weighted by atomic mass is 10.3. The van der Waals surface area contributed by atoms with Gasteiger partial charge < -0.3 is 4.74 Å². The van der Waals surface area contributed by atoms with Crippen molar-refractivity contribution in [1.82, 2.24) is 9.78 Å². The van der Waals surface area contributed by atoms with Crippen molar-refractivity contribution in [1.29, 1.82) is 0 Å². The highest BCUT2D eigenvalue weighted by Gasteiger charge is 2.14. The van der Waals surface area contributed by atoms with Crippen LogP contribution in [0.25, 0.3) is 5.69 Å². The molecule has 0 aliphatic carbocycles. The number of para-hydroxylation sites is 1. The number of ether oxygens (including phenoxy) is 1. The van der Waals surface area contributed by atoms with Crippen molar-refractivity contribution in [2.24, 2.45) is 0 Å². The number of thioether (sulfide) groups is 1. The molecule has 0 amide bonds. The summed E-state index contributed by atoms with van der Waals surface area (Å²) in [7, 11) is 1.22. The van der Waals surface area contributed by atoms with E-state index >= 15 is 0 Å². The van der Waals surface area contributed by atoms with Gasteiger partial charge >= 0.3 is 5.97 Å². The Kier molecular flexibility index (Phi) is 4.01. The summed E-state index contributed by atoms with van der Waals surface area (Å²) in [5.74, 6) is -0.735. The van der Waals surface area contributed by atoms with Gasteiger partial charge in [-0.3, -0.25) is 4.79 Å². The van der Waals surface area contributed by atoms with E-state index in [1.807, 2.05) is 30.5 Å². The Morgan fingerprint density at radius 2 is 2.05 bits per heavy atom. The van der Waals surface area contributed by atoms with Gasteiger partial charge in [0.2, 0.25) is 11.1 Å². The monoisotopic (exact) mass is 276 g/mol. The molecule has 2 rings (SSSR count). The Bertz CT molecular complexity index is 667. The molecule has 1 aromatic carbocycles. The standard InChI is InChI=1S/C13H12N2O3S/c1-18-13(17)12-10(16)7-8-15(14-12)9-5-3-4-6-11(9)19-2/h3-8H,1-2H3. The van der Waals surface area contributed by atoms with Gasteiger partial charge in [0.15, 0.2) is 0 Å². The smallest absolute Gasteiger partial charge is 0.362 e. The number of aromatic nitrogens is 2. The fraction of sp³-hybridized carbons (Fsp3) is 0.154. The molecule has 5 nitrogen and oxygen atoms in total. The van der Waals surface area contributed by atoms with Gasteiger partial charge in [-0.05, 0) is 18.4 Å². The summed E-state index contributed by atoms with van der Waals surface area (Å²) < 4.78 is 6.04. The fourth-order valence-corrected chi connectivity index (χ4v) is 2.18. The normalized spacial score (nSPS) is 10.2. The van der Waals surface area contributed by atoms with Gasteiger partial charge in [0.25, 0.3) is 0 Å². The third kappa shape index (κ3) is 2.68. The lowest BCUT2D eigenvalue weighted by Crippen LogP contribution is -2.21. The molecule has 0 spiro atoms. The van der Waals surface area contributed by atoms with Gasteiger partial charge in [-0.1, -0.05) is 12.1 Å². The van der Waals surface area contributed by atoms with E-state index in [2.05, 4.69) is 9.84 Å². The molecule has 1 aromatic heterocycles. The second-order valence-corrected chi connectivity index (χ2v) is 4.48. The average molecular weight is 276 g/mol. The topological polar surface area (TPSA) is 61.2 Å². The predicted molar refractivity (Wildman–Crippen MR) is 73.0 cm³/mol. The molecule has 0 saturated carbocycles. The fourth-order valence-electron chi connectivity index (χ4n) is 1.60. The van der Waals surface area contributed by atoms with Gasteiger partial charge in [0, 0.05) is 17.2 Å². The van der Waals surface area contributed by atoms with Crippen molar-refractivity contribution in [3.8, 4) is 5.69 Å². The largest absolute Gasteiger partial charge is 0.464 e. The van der Waals surface area contributed by atoms with Crippen LogP contribution < -0.4 is 5.43 Å². The number of methoxy groups -OCH3 is 1. The number of esters is 1. The number of carbonyl (C=O) groups is 1. The minimum atomic E-state index is -0.735. The minimum absolute atomic E-state index is 0.221. The molecule has 6 heteroatoms. The average Bonchev–Trinajstić information content (AvgIpc) is 2.47. The third-order valence-electron chi connectivity index (χ3n) is 2.52. The highest BCUT2D eigenvalue weighted by molar-refractivity contribution is 7.98. The predicted octanol–water partition coefficient (Wildman–Crippen LogP) is 1.74. The maximum absolute atomic E-state index is 11.6. The molecule has 0 radical (unpaired) electrons. The quantitative estimate of drug-likeness (QED) is 0.631. The van der Waals surface area contributed by atoms with E-state index < -0.39 is 11.4 Å². The number of benzene rings is 1. The third-order valence-corrected chi connectivity index (χ3v) is 3.30. The Labute approximate surface area is 114 Å². The van der Waals surface area contributed by atoms with Crippen LogP contribution in [-0.4, -0.2) is 29.1 Å². The molecule has 0 atom stereocenters. The highest BCUT2D eigenvalue weighted by atomic mass is 32.2. The van der Waals surface area contributed by atoms with Crippen molar-refractivity contribution in [3.63, 3.8) is 0 Å². The molecule has 0 fully saturated rings. The van der Waals surface area contributed by atoms with Crippen LogP contribution in [0.1, 0.15) is 10.5 Å². The van der Waals surface area contributed by atoms with Gasteiger partial charge in [-0.15, -0.1) is 11.8 Å². The lowest BCUT2D eigenvalue weighted by molar-refractivity contribution is 0.0590. The van der Waals surface area contributed by atoms with Crippen molar-refractivity contribution in [3.05, 3.63) is 52.4 Å². The Morgan fingerprint density at radius 1 is 1.32 bits per heavy atom. The molecule has 0 aliphatic heterocycles. The number of hydrogen-bond acceptors (Lipinski definition) is 5. The molecule has 19 heavy (non-hydrogen) atoms. The molecular weight excluding hydrogens is 264 g/mol. The summed E-state index contributed by atoms with van der Waals surface area (Å²) in [4.78, 5) is 24.0. The van der Waals surface area contributed by atoms with Gasteiger partial charge in [-0.2, -0.15) is 5.10 Å². The van der Waals surface area contributed by atoms with Crippen LogP contribution in [0.4, 0.5) is 0 Å². The number of carbonyl (C=O) groups excluding carboxylic acids is 1. The summed E-state index contributed by atoms with van der Waals surface area (Å²) >= 11 is 1.56. The van der Waals surface area contributed by atoms with E-state index in [4.69, 9.17) is 0 Å². The van der Waals surface area contributed by atoms with Crippen molar-refractivity contribution < 1.29 is 9.53 Å². The summed E-state index contributed by atoms with van der Waals surface area (Å²) in [5, 5.41) is 4.04. The van der Waals surface area contributed by atoms with E-state index in [1.54, 1.807) is 11.8 Å². The first-order valence-corrected chi connectivity index (χ1v) is 6.71. The second kappa shape index (κ2) is 5.71. The van der Waals surface area contributed by atoms with E-state index in [0.717, 1.165) is 10.6 Å². The van der Waals surface area contributed by atoms with Gasteiger partial charge in [-0.25, -0.2) is 9.48 Å². The Morgan fingerprint density at radius 3 is 2.74 bits per heavy atom. The van der Waals surface area contributed by atoms with Crippen molar-refractivity contribution in [2.75, 3.05) is 13.4 Å². The molecule has 0 unspecified atom stereocenters. The molecule has 0 aliphatic rings. The molecule has 0 saturated heterocycles. The van der Waals surface area contributed by atoms with Crippen LogP contribution in [0.5, 0.6) is 0 Å². The van der Waals surface area contributed by atoms with Crippen LogP contribution in [-0.2, 0) is 4.74 Å². The van der Waals surface area contributed by atoms with E-state index in [1.165, 1.54) is 24.1 Å². The zero-order valence-corrected chi connectivity index (χ0v) is 11.3. The summed E-state index contributed by atoms with van der Waals surface area (Å²) in [6.07, 6.45) is 3.48. The SMILES string of the molecule is COC(=O)c1nn(-c2ccccc2SC)ccc1=O. The molecule has 1 heterocycles. The molecular formula is C13H12N2O3S. The van der Waals surface area contributed by atoms with Crippen LogP contribution in [0.3, 0.4) is 0 Å². The van der Waals surface area contributed by atoms with Crippen molar-refractivity contribution >= 4 is 17.7 Å². The van der Waals surface area contributed by atoms with Crippen LogP contribution in [0.15, 0.2) is 46.2 Å². The van der Waals surface area contributed by atoms with Crippen LogP contribution in [0, 0.1) is 0 Å². The van der Waals surface area contributed by atoms with Crippen LogP contribution >= 0.6 is 11.8 Å². The number of hydrogen-bond donors (Lipinski definition) is 0. The Hall–Kier alpha value is -2.08. The number of rotatable bonds is 3. The first-order chi connectivity index (χ1) is 9.17. The summed E-state index contributed by atoms with van der Waals surface area (Å²) in [6.45, 7) is 0.